The number of hydrogen-bond donors (Lipinski definition) is 1. The largest absolute Gasteiger partial charge is 0.362 e. The van der Waals surface area contributed by atoms with Gasteiger partial charge in [-0.2, -0.15) is 0 Å². The minimum absolute atomic E-state index is 0.000439. The fourth-order valence-electron chi connectivity index (χ4n) is 3.60. The maximum Gasteiger partial charge on any atom is 0.294 e. The Hall–Kier alpha value is -3.13. The molecule has 2 amide bonds. The van der Waals surface area contributed by atoms with Crippen LogP contribution in [0.15, 0.2) is 42.5 Å². The molecule has 0 spiro atoms. The third-order valence-corrected chi connectivity index (χ3v) is 5.76. The molecule has 1 aliphatic heterocycles. The van der Waals surface area contributed by atoms with Gasteiger partial charge in [-0.1, -0.05) is 44.5 Å². The van der Waals surface area contributed by atoms with Gasteiger partial charge in [0.15, 0.2) is 0 Å². The van der Waals surface area contributed by atoms with Gasteiger partial charge in [0.2, 0.25) is 5.91 Å². The summed E-state index contributed by atoms with van der Waals surface area (Å²) in [6.07, 6.45) is 0. The van der Waals surface area contributed by atoms with E-state index in [-0.39, 0.29) is 29.5 Å². The Morgan fingerprint density at radius 3 is 2.25 bits per heavy atom. The Morgan fingerprint density at radius 2 is 1.69 bits per heavy atom. The molecule has 0 bridgehead atoms. The highest BCUT2D eigenvalue weighted by Gasteiger charge is 2.26. The average Bonchev–Trinajstić information content (AvgIpc) is 2.76. The Kier molecular flexibility index (Phi) is 7.03. The number of nitro groups is 1. The van der Waals surface area contributed by atoms with Gasteiger partial charge in [0, 0.05) is 42.8 Å². The molecule has 3 rings (SSSR count). The van der Waals surface area contributed by atoms with E-state index >= 15 is 0 Å². The van der Waals surface area contributed by atoms with E-state index in [0.29, 0.717) is 42.5 Å². The van der Waals surface area contributed by atoms with Crippen molar-refractivity contribution < 1.29 is 14.5 Å². The molecule has 0 atom stereocenters. The average molecular weight is 459 g/mol. The molecule has 0 saturated carbocycles. The highest BCUT2D eigenvalue weighted by Crippen LogP contribution is 2.31. The van der Waals surface area contributed by atoms with E-state index in [1.54, 1.807) is 29.2 Å². The van der Waals surface area contributed by atoms with Gasteiger partial charge >= 0.3 is 0 Å². The molecule has 8 nitrogen and oxygen atoms in total. The van der Waals surface area contributed by atoms with Gasteiger partial charge in [-0.05, 0) is 35.2 Å². The second-order valence-corrected chi connectivity index (χ2v) is 9.20. The highest BCUT2D eigenvalue weighted by atomic mass is 35.5. The lowest BCUT2D eigenvalue weighted by Crippen LogP contribution is -2.51. The number of rotatable bonds is 5. The maximum absolute atomic E-state index is 12.5. The molecule has 0 unspecified atom stereocenters. The number of nitrogens with one attached hydrogen (secondary N) is 1. The zero-order valence-electron chi connectivity index (χ0n) is 18.4. The second kappa shape index (κ2) is 9.56. The third-order valence-electron chi connectivity index (χ3n) is 5.52. The van der Waals surface area contributed by atoms with E-state index in [9.17, 15) is 19.7 Å². The summed E-state index contributed by atoms with van der Waals surface area (Å²) in [4.78, 5) is 39.3. The van der Waals surface area contributed by atoms with E-state index in [1.165, 1.54) is 6.07 Å². The molecular weight excluding hydrogens is 432 g/mol. The molecule has 32 heavy (non-hydrogen) atoms. The zero-order valence-corrected chi connectivity index (χ0v) is 19.2. The molecule has 2 aromatic carbocycles. The molecule has 1 N–H and O–H groups in total. The van der Waals surface area contributed by atoms with E-state index < -0.39 is 4.92 Å². The van der Waals surface area contributed by atoms with E-state index in [4.69, 9.17) is 11.6 Å². The first-order chi connectivity index (χ1) is 15.1. The van der Waals surface area contributed by atoms with Crippen LogP contribution in [0.5, 0.6) is 0 Å². The van der Waals surface area contributed by atoms with Crippen LogP contribution >= 0.6 is 11.6 Å². The molecule has 2 aromatic rings. The Bertz CT molecular complexity index is 1010. The van der Waals surface area contributed by atoms with Crippen LogP contribution in [-0.4, -0.2) is 54.4 Å². The number of carbonyl (C=O) groups is 2. The third kappa shape index (κ3) is 5.56. The summed E-state index contributed by atoms with van der Waals surface area (Å²) in [6.45, 7) is 7.94. The zero-order chi connectivity index (χ0) is 23.5. The molecule has 0 aromatic heterocycles. The first-order valence-corrected chi connectivity index (χ1v) is 10.8. The van der Waals surface area contributed by atoms with Gasteiger partial charge < -0.3 is 15.1 Å². The number of amides is 2. The Morgan fingerprint density at radius 1 is 1.06 bits per heavy atom. The predicted octanol–water partition coefficient (Wildman–Crippen LogP) is 3.62. The SMILES string of the molecule is CC(C)(C)c1ccc(C(=O)NCC(=O)N2CCN(c3ccc(Cl)cc3[N+](=O)[O-])CC2)cc1. The number of carbonyl (C=O) groups excluding carboxylic acids is 2. The fraction of sp³-hybridized carbons (Fsp3) is 0.391. The van der Waals surface area contributed by atoms with Crippen molar-refractivity contribution >= 4 is 34.8 Å². The molecule has 0 aliphatic carbocycles. The van der Waals surface area contributed by atoms with Crippen molar-refractivity contribution in [3.05, 3.63) is 68.7 Å². The molecule has 1 fully saturated rings. The van der Waals surface area contributed by atoms with Crippen LogP contribution in [0.3, 0.4) is 0 Å². The lowest BCUT2D eigenvalue weighted by Gasteiger charge is -2.35. The number of nitrogens with zero attached hydrogens (tertiary/aromatic N) is 3. The van der Waals surface area contributed by atoms with E-state index in [0.717, 1.165) is 5.56 Å². The molecule has 9 heteroatoms. The first-order valence-electron chi connectivity index (χ1n) is 10.4. The van der Waals surface area contributed by atoms with Crippen molar-refractivity contribution in [1.82, 2.24) is 10.2 Å². The van der Waals surface area contributed by atoms with Gasteiger partial charge in [0.1, 0.15) is 5.69 Å². The number of hydrogen-bond acceptors (Lipinski definition) is 5. The van der Waals surface area contributed by atoms with Crippen molar-refractivity contribution in [3.63, 3.8) is 0 Å². The molecule has 170 valence electrons. The quantitative estimate of drug-likeness (QED) is 0.545. The first kappa shape index (κ1) is 23.5. The van der Waals surface area contributed by atoms with Crippen LogP contribution in [0.1, 0.15) is 36.7 Å². The summed E-state index contributed by atoms with van der Waals surface area (Å²) in [7, 11) is 0. The molecule has 0 radical (unpaired) electrons. The van der Waals surface area contributed by atoms with Crippen molar-refractivity contribution in [2.24, 2.45) is 0 Å². The second-order valence-electron chi connectivity index (χ2n) is 8.77. The number of nitro benzene ring substituents is 1. The van der Waals surface area contributed by atoms with Crippen molar-refractivity contribution in [2.75, 3.05) is 37.6 Å². The topological polar surface area (TPSA) is 95.8 Å². The smallest absolute Gasteiger partial charge is 0.294 e. The van der Waals surface area contributed by atoms with Crippen LogP contribution in [0, 0.1) is 10.1 Å². The van der Waals surface area contributed by atoms with E-state index in [1.807, 2.05) is 17.0 Å². The van der Waals surface area contributed by atoms with Crippen molar-refractivity contribution in [1.29, 1.82) is 0 Å². The van der Waals surface area contributed by atoms with Crippen molar-refractivity contribution in [3.8, 4) is 0 Å². The fourth-order valence-corrected chi connectivity index (χ4v) is 3.76. The van der Waals surface area contributed by atoms with E-state index in [2.05, 4.69) is 26.1 Å². The molecular formula is C23H27ClN4O4. The maximum atomic E-state index is 12.5. The predicted molar refractivity (Wildman–Crippen MR) is 124 cm³/mol. The number of anilines is 1. The summed E-state index contributed by atoms with van der Waals surface area (Å²) in [5.74, 6) is -0.482. The van der Waals surface area contributed by atoms with Gasteiger partial charge in [0.25, 0.3) is 11.6 Å². The summed E-state index contributed by atoms with van der Waals surface area (Å²) in [5.41, 5.74) is 2.06. The van der Waals surface area contributed by atoms with Crippen LogP contribution in [-0.2, 0) is 10.2 Å². The van der Waals surface area contributed by atoms with Gasteiger partial charge in [-0.15, -0.1) is 0 Å². The monoisotopic (exact) mass is 458 g/mol. The molecule has 1 aliphatic rings. The van der Waals surface area contributed by atoms with Gasteiger partial charge in [0.05, 0.1) is 11.5 Å². The summed E-state index contributed by atoms with van der Waals surface area (Å²) < 4.78 is 0. The summed E-state index contributed by atoms with van der Waals surface area (Å²) in [6, 6.07) is 11.9. The van der Waals surface area contributed by atoms with Crippen LogP contribution in [0.25, 0.3) is 0 Å². The van der Waals surface area contributed by atoms with Crippen molar-refractivity contribution in [2.45, 2.75) is 26.2 Å². The molecule has 1 heterocycles. The number of halogens is 1. The van der Waals surface area contributed by atoms with Crippen LogP contribution in [0.2, 0.25) is 5.02 Å². The normalized spacial score (nSPS) is 14.2. The van der Waals surface area contributed by atoms with Gasteiger partial charge in [-0.25, -0.2) is 0 Å². The highest BCUT2D eigenvalue weighted by molar-refractivity contribution is 6.30. The minimum Gasteiger partial charge on any atom is -0.362 e. The lowest BCUT2D eigenvalue weighted by molar-refractivity contribution is -0.384. The number of benzene rings is 2. The number of piperazine rings is 1. The van der Waals surface area contributed by atoms with Crippen LogP contribution in [0.4, 0.5) is 11.4 Å². The van der Waals surface area contributed by atoms with Crippen LogP contribution < -0.4 is 10.2 Å². The summed E-state index contributed by atoms with van der Waals surface area (Å²) >= 11 is 5.89. The summed E-state index contributed by atoms with van der Waals surface area (Å²) in [5, 5.41) is 14.3. The van der Waals surface area contributed by atoms with Gasteiger partial charge in [-0.3, -0.25) is 19.7 Å². The Labute approximate surface area is 192 Å². The molecule has 1 saturated heterocycles. The minimum atomic E-state index is -0.456. The Balaban J connectivity index is 1.53. The lowest BCUT2D eigenvalue weighted by atomic mass is 9.87. The standard InChI is InChI=1S/C23H27ClN4O4/c1-23(2,3)17-6-4-16(5-7-17)22(30)25-15-21(29)27-12-10-26(11-13-27)19-9-8-18(24)14-20(19)28(31)32/h4-9,14H,10-13,15H2,1-3H3,(H,25,30).